The standard InChI is InChI=1S/C14H22N4O3/c1-3-11(15)13(19)17-18-14(20)16-9-10-7-5-6-8-12(10)21-4-2/h5-8,11H,3-4,9,15H2,1-2H3,(H,17,19)(H2,16,18,20)/t11-/m1/s1. The fourth-order valence-electron chi connectivity index (χ4n) is 1.56. The maximum Gasteiger partial charge on any atom is 0.333 e. The summed E-state index contributed by atoms with van der Waals surface area (Å²) in [5, 5.41) is 2.62. The first-order valence-corrected chi connectivity index (χ1v) is 6.88. The van der Waals surface area contributed by atoms with Crippen LogP contribution in [0.5, 0.6) is 5.75 Å². The zero-order valence-electron chi connectivity index (χ0n) is 12.3. The Bertz CT molecular complexity index is 479. The van der Waals surface area contributed by atoms with Crippen molar-refractivity contribution in [3.05, 3.63) is 29.8 Å². The van der Waals surface area contributed by atoms with Crippen molar-refractivity contribution in [2.75, 3.05) is 6.61 Å². The molecule has 0 heterocycles. The Hall–Kier alpha value is -2.28. The van der Waals surface area contributed by atoms with Gasteiger partial charge in [-0.25, -0.2) is 10.2 Å². The topological polar surface area (TPSA) is 105 Å². The third kappa shape index (κ3) is 5.70. The number of rotatable bonds is 6. The fourth-order valence-corrected chi connectivity index (χ4v) is 1.56. The first kappa shape index (κ1) is 16.8. The summed E-state index contributed by atoms with van der Waals surface area (Å²) < 4.78 is 5.46. The van der Waals surface area contributed by atoms with Crippen LogP contribution in [0.25, 0.3) is 0 Å². The van der Waals surface area contributed by atoms with Crippen LogP contribution in [0.1, 0.15) is 25.8 Å². The maximum atomic E-state index is 11.6. The number of carbonyl (C=O) groups is 2. The van der Waals surface area contributed by atoms with Gasteiger partial charge in [0.25, 0.3) is 5.91 Å². The average molecular weight is 294 g/mol. The van der Waals surface area contributed by atoms with Crippen LogP contribution in [0.15, 0.2) is 24.3 Å². The Kier molecular flexibility index (Phi) is 7.03. The number of nitrogens with one attached hydrogen (secondary N) is 3. The summed E-state index contributed by atoms with van der Waals surface area (Å²) >= 11 is 0. The molecule has 5 N–H and O–H groups in total. The molecule has 7 heteroatoms. The van der Waals surface area contributed by atoms with Gasteiger partial charge in [0.15, 0.2) is 0 Å². The van der Waals surface area contributed by atoms with E-state index in [9.17, 15) is 9.59 Å². The highest BCUT2D eigenvalue weighted by Gasteiger charge is 2.11. The van der Waals surface area contributed by atoms with Gasteiger partial charge in [-0.05, 0) is 19.4 Å². The Labute approximate surface area is 124 Å². The van der Waals surface area contributed by atoms with Crippen molar-refractivity contribution in [2.45, 2.75) is 32.9 Å². The van der Waals surface area contributed by atoms with E-state index in [0.29, 0.717) is 13.0 Å². The third-order valence-electron chi connectivity index (χ3n) is 2.79. The first-order valence-electron chi connectivity index (χ1n) is 6.88. The van der Waals surface area contributed by atoms with E-state index in [4.69, 9.17) is 10.5 Å². The SMILES string of the molecule is CCOc1ccccc1CNC(=O)NNC(=O)[C@H](N)CC. The van der Waals surface area contributed by atoms with E-state index < -0.39 is 18.0 Å². The van der Waals surface area contributed by atoms with Gasteiger partial charge in [-0.15, -0.1) is 0 Å². The molecule has 21 heavy (non-hydrogen) atoms. The molecule has 0 fully saturated rings. The second kappa shape index (κ2) is 8.80. The van der Waals surface area contributed by atoms with Crippen LogP contribution in [0.2, 0.25) is 0 Å². The van der Waals surface area contributed by atoms with Crippen LogP contribution in [0, 0.1) is 0 Å². The zero-order valence-corrected chi connectivity index (χ0v) is 12.3. The highest BCUT2D eigenvalue weighted by Crippen LogP contribution is 2.17. The van der Waals surface area contributed by atoms with Crippen molar-refractivity contribution in [1.29, 1.82) is 0 Å². The van der Waals surface area contributed by atoms with Gasteiger partial charge in [0.05, 0.1) is 12.6 Å². The molecule has 0 saturated heterocycles. The molecule has 0 aliphatic heterocycles. The smallest absolute Gasteiger partial charge is 0.333 e. The number of nitrogens with two attached hydrogens (primary N) is 1. The van der Waals surface area contributed by atoms with Crippen molar-refractivity contribution in [3.8, 4) is 5.75 Å². The number of carbonyl (C=O) groups excluding carboxylic acids is 2. The lowest BCUT2D eigenvalue weighted by molar-refractivity contribution is -0.123. The number of amides is 3. The molecule has 0 spiro atoms. The molecule has 7 nitrogen and oxygen atoms in total. The molecule has 1 rings (SSSR count). The summed E-state index contributed by atoms with van der Waals surface area (Å²) in [6, 6.07) is 6.26. The number of hydrogen-bond acceptors (Lipinski definition) is 4. The predicted octanol–water partition coefficient (Wildman–Crippen LogP) is 0.653. The largest absolute Gasteiger partial charge is 0.494 e. The summed E-state index contributed by atoms with van der Waals surface area (Å²) in [6.07, 6.45) is 0.497. The first-order chi connectivity index (χ1) is 10.1. The quantitative estimate of drug-likeness (QED) is 0.578. The highest BCUT2D eigenvalue weighted by molar-refractivity contribution is 5.84. The fraction of sp³-hybridized carbons (Fsp3) is 0.429. The molecule has 116 valence electrons. The predicted molar refractivity (Wildman–Crippen MR) is 79.4 cm³/mol. The molecule has 0 radical (unpaired) electrons. The van der Waals surface area contributed by atoms with Crippen LogP contribution in [0.3, 0.4) is 0 Å². The van der Waals surface area contributed by atoms with E-state index in [1.54, 1.807) is 6.92 Å². The Balaban J connectivity index is 2.41. The molecular formula is C14H22N4O3. The van der Waals surface area contributed by atoms with Gasteiger partial charge in [0, 0.05) is 12.1 Å². The normalized spacial score (nSPS) is 11.4. The number of urea groups is 1. The van der Waals surface area contributed by atoms with Crippen molar-refractivity contribution >= 4 is 11.9 Å². The average Bonchev–Trinajstić information content (AvgIpc) is 2.51. The summed E-state index contributed by atoms with van der Waals surface area (Å²) in [6.45, 7) is 4.52. The van der Waals surface area contributed by atoms with Crippen LogP contribution >= 0.6 is 0 Å². The van der Waals surface area contributed by atoms with Crippen LogP contribution < -0.4 is 26.6 Å². The molecule has 1 aromatic carbocycles. The van der Waals surface area contributed by atoms with Crippen molar-refractivity contribution < 1.29 is 14.3 Å². The van der Waals surface area contributed by atoms with E-state index >= 15 is 0 Å². The molecule has 1 atom stereocenters. The maximum absolute atomic E-state index is 11.6. The molecule has 0 aliphatic rings. The Morgan fingerprint density at radius 2 is 1.95 bits per heavy atom. The number of para-hydroxylation sites is 1. The molecule has 0 saturated carbocycles. The lowest BCUT2D eigenvalue weighted by atomic mass is 10.2. The van der Waals surface area contributed by atoms with E-state index in [0.717, 1.165) is 11.3 Å². The Morgan fingerprint density at radius 3 is 2.62 bits per heavy atom. The molecule has 0 aromatic heterocycles. The number of hydrazine groups is 1. The van der Waals surface area contributed by atoms with Crippen molar-refractivity contribution in [2.24, 2.45) is 5.73 Å². The molecule has 0 aliphatic carbocycles. The van der Waals surface area contributed by atoms with Gasteiger partial charge in [-0.1, -0.05) is 25.1 Å². The van der Waals surface area contributed by atoms with Gasteiger partial charge in [-0.2, -0.15) is 0 Å². The van der Waals surface area contributed by atoms with E-state index in [-0.39, 0.29) is 6.54 Å². The summed E-state index contributed by atoms with van der Waals surface area (Å²) in [5.41, 5.74) is 10.9. The minimum absolute atomic E-state index is 0.289. The van der Waals surface area contributed by atoms with Crippen LogP contribution in [-0.2, 0) is 11.3 Å². The van der Waals surface area contributed by atoms with E-state index in [1.165, 1.54) is 0 Å². The van der Waals surface area contributed by atoms with Gasteiger partial charge < -0.3 is 15.8 Å². The monoisotopic (exact) mass is 294 g/mol. The summed E-state index contributed by atoms with van der Waals surface area (Å²) in [5.74, 6) is 0.291. The lowest BCUT2D eigenvalue weighted by Crippen LogP contribution is -2.51. The van der Waals surface area contributed by atoms with Gasteiger partial charge >= 0.3 is 6.03 Å². The molecule has 3 amide bonds. The van der Waals surface area contributed by atoms with Gasteiger partial charge in [-0.3, -0.25) is 10.2 Å². The summed E-state index contributed by atoms with van der Waals surface area (Å²) in [4.78, 5) is 23.0. The third-order valence-corrected chi connectivity index (χ3v) is 2.79. The molecule has 0 bridgehead atoms. The van der Waals surface area contributed by atoms with Crippen molar-refractivity contribution in [1.82, 2.24) is 16.2 Å². The van der Waals surface area contributed by atoms with Crippen molar-refractivity contribution in [3.63, 3.8) is 0 Å². The number of hydrogen-bond donors (Lipinski definition) is 4. The second-order valence-electron chi connectivity index (χ2n) is 4.35. The van der Waals surface area contributed by atoms with E-state index in [2.05, 4.69) is 16.2 Å². The lowest BCUT2D eigenvalue weighted by Gasteiger charge is -2.13. The summed E-state index contributed by atoms with van der Waals surface area (Å²) in [7, 11) is 0. The minimum atomic E-state index is -0.635. The molecule has 0 unspecified atom stereocenters. The number of ether oxygens (including phenoxy) is 1. The Morgan fingerprint density at radius 1 is 1.24 bits per heavy atom. The molecular weight excluding hydrogens is 272 g/mol. The highest BCUT2D eigenvalue weighted by atomic mass is 16.5. The van der Waals surface area contributed by atoms with E-state index in [1.807, 2.05) is 31.2 Å². The van der Waals surface area contributed by atoms with Crippen LogP contribution in [-0.4, -0.2) is 24.6 Å². The second-order valence-corrected chi connectivity index (χ2v) is 4.35. The van der Waals surface area contributed by atoms with Gasteiger partial charge in [0.1, 0.15) is 5.75 Å². The molecule has 1 aromatic rings. The van der Waals surface area contributed by atoms with Gasteiger partial charge in [0.2, 0.25) is 0 Å². The van der Waals surface area contributed by atoms with Crippen LogP contribution in [0.4, 0.5) is 4.79 Å². The minimum Gasteiger partial charge on any atom is -0.494 e. The zero-order chi connectivity index (χ0) is 15.7. The number of benzene rings is 1.